The van der Waals surface area contributed by atoms with Gasteiger partial charge in [0.25, 0.3) is 5.91 Å². The van der Waals surface area contributed by atoms with E-state index in [0.29, 0.717) is 15.7 Å². The maximum Gasteiger partial charge on any atom is 0.266 e. The van der Waals surface area contributed by atoms with Crippen LogP contribution in [0.5, 0.6) is 0 Å². The summed E-state index contributed by atoms with van der Waals surface area (Å²) in [4.78, 5) is 28.1. The zero-order valence-electron chi connectivity index (χ0n) is 12.4. The zero-order valence-corrected chi connectivity index (χ0v) is 14.1. The quantitative estimate of drug-likeness (QED) is 0.902. The molecule has 0 bridgehead atoms. The number of carbonyl (C=O) groups excluding carboxylic acids is 1. The van der Waals surface area contributed by atoms with Crippen LogP contribution in [0, 0.1) is 6.92 Å². The lowest BCUT2D eigenvalue weighted by molar-refractivity contribution is 0.0660. The number of aromatic nitrogens is 3. The fourth-order valence-electron chi connectivity index (χ4n) is 2.37. The predicted octanol–water partition coefficient (Wildman–Crippen LogP) is 1.76. The third kappa shape index (κ3) is 3.26. The molecule has 1 N–H and O–H groups in total. The van der Waals surface area contributed by atoms with Crippen molar-refractivity contribution in [3.05, 3.63) is 29.0 Å². The van der Waals surface area contributed by atoms with E-state index in [1.807, 2.05) is 11.8 Å². The zero-order chi connectivity index (χ0) is 14.8. The molecule has 1 aliphatic rings. The largest absolute Gasteiger partial charge is 0.333 e. The van der Waals surface area contributed by atoms with Crippen LogP contribution in [-0.2, 0) is 0 Å². The molecule has 0 spiro atoms. The average molecular weight is 340 g/mol. The molecule has 8 heteroatoms. The summed E-state index contributed by atoms with van der Waals surface area (Å²) < 4.78 is 0. The van der Waals surface area contributed by atoms with Gasteiger partial charge in [-0.3, -0.25) is 4.79 Å². The van der Waals surface area contributed by atoms with Crippen molar-refractivity contribution in [2.24, 2.45) is 0 Å². The van der Waals surface area contributed by atoms with Crippen molar-refractivity contribution in [2.45, 2.75) is 19.9 Å². The number of amides is 1. The van der Waals surface area contributed by atoms with Gasteiger partial charge in [0.1, 0.15) is 4.88 Å². The second-order valence-electron chi connectivity index (χ2n) is 5.06. The Labute approximate surface area is 139 Å². The van der Waals surface area contributed by atoms with Gasteiger partial charge in [-0.1, -0.05) is 0 Å². The smallest absolute Gasteiger partial charge is 0.266 e. The highest BCUT2D eigenvalue weighted by atomic mass is 35.5. The summed E-state index contributed by atoms with van der Waals surface area (Å²) in [7, 11) is 0. The van der Waals surface area contributed by atoms with E-state index in [-0.39, 0.29) is 24.4 Å². The molecule has 6 nitrogen and oxygen atoms in total. The molecule has 0 aliphatic carbocycles. The molecule has 3 rings (SSSR count). The van der Waals surface area contributed by atoms with Crippen LogP contribution in [0.2, 0.25) is 0 Å². The van der Waals surface area contributed by atoms with Gasteiger partial charge in [-0.25, -0.2) is 15.0 Å². The maximum atomic E-state index is 12.7. The van der Waals surface area contributed by atoms with Crippen molar-refractivity contribution >= 4 is 29.7 Å². The molecular weight excluding hydrogens is 322 g/mol. The molecule has 118 valence electrons. The second kappa shape index (κ2) is 7.13. The van der Waals surface area contributed by atoms with E-state index < -0.39 is 0 Å². The maximum absolute atomic E-state index is 12.7. The van der Waals surface area contributed by atoms with Crippen LogP contribution in [0.4, 0.5) is 0 Å². The number of aryl methyl sites for hydroxylation is 1. The van der Waals surface area contributed by atoms with Crippen molar-refractivity contribution in [3.63, 3.8) is 0 Å². The minimum Gasteiger partial charge on any atom is -0.333 e. The number of hydrogen-bond acceptors (Lipinski definition) is 6. The highest BCUT2D eigenvalue weighted by Crippen LogP contribution is 2.27. The highest BCUT2D eigenvalue weighted by molar-refractivity contribution is 7.17. The summed E-state index contributed by atoms with van der Waals surface area (Å²) in [6.07, 6.45) is 3.36. The lowest BCUT2D eigenvalue weighted by Gasteiger charge is -2.33. The van der Waals surface area contributed by atoms with Crippen LogP contribution in [0.1, 0.15) is 22.3 Å². The summed E-state index contributed by atoms with van der Waals surface area (Å²) in [5.41, 5.74) is 0.748. The van der Waals surface area contributed by atoms with Crippen molar-refractivity contribution in [1.29, 1.82) is 0 Å². The molecule has 2 aromatic heterocycles. The number of carbonyl (C=O) groups is 1. The van der Waals surface area contributed by atoms with Gasteiger partial charge in [0.15, 0.2) is 10.8 Å². The second-order valence-corrected chi connectivity index (χ2v) is 6.06. The molecule has 3 heterocycles. The van der Waals surface area contributed by atoms with Gasteiger partial charge in [-0.15, -0.1) is 23.7 Å². The molecule has 0 aromatic carbocycles. The Balaban J connectivity index is 0.00000176. The lowest BCUT2D eigenvalue weighted by Crippen LogP contribution is -2.52. The standard InChI is InChI=1S/C14H17N5OS.ClH/c1-9-8-15-6-7-19(9)14(20)11-10(2)18-13(21-11)12-16-4-3-5-17-12;/h3-5,9,15H,6-8H2,1-2H3;1H/t9-;/m0./s1. The molecule has 1 atom stereocenters. The molecule has 1 amide bonds. The fraction of sp³-hybridized carbons (Fsp3) is 0.429. The number of halogens is 1. The molecular formula is C14H18ClN5OS. The Morgan fingerprint density at radius 3 is 2.82 bits per heavy atom. The topological polar surface area (TPSA) is 71.0 Å². The molecule has 0 saturated carbocycles. The first-order valence-electron chi connectivity index (χ1n) is 6.93. The van der Waals surface area contributed by atoms with Crippen molar-refractivity contribution in [3.8, 4) is 10.8 Å². The highest BCUT2D eigenvalue weighted by Gasteiger charge is 2.27. The third-order valence-corrected chi connectivity index (χ3v) is 4.65. The molecule has 0 radical (unpaired) electrons. The summed E-state index contributed by atoms with van der Waals surface area (Å²) >= 11 is 1.37. The Kier molecular flexibility index (Phi) is 5.44. The summed E-state index contributed by atoms with van der Waals surface area (Å²) in [5, 5.41) is 3.98. The molecule has 1 aliphatic heterocycles. The van der Waals surface area contributed by atoms with E-state index in [2.05, 4.69) is 27.2 Å². The van der Waals surface area contributed by atoms with E-state index in [9.17, 15) is 4.79 Å². The number of thiazole rings is 1. The minimum absolute atomic E-state index is 0. The lowest BCUT2D eigenvalue weighted by atomic mass is 10.2. The van der Waals surface area contributed by atoms with E-state index in [4.69, 9.17) is 0 Å². The fourth-order valence-corrected chi connectivity index (χ4v) is 3.34. The number of nitrogens with one attached hydrogen (secondary N) is 1. The van der Waals surface area contributed by atoms with Crippen molar-refractivity contribution in [2.75, 3.05) is 19.6 Å². The summed E-state index contributed by atoms with van der Waals surface area (Å²) in [6, 6.07) is 1.96. The molecule has 2 aromatic rings. The summed E-state index contributed by atoms with van der Waals surface area (Å²) in [6.45, 7) is 6.32. The van der Waals surface area contributed by atoms with E-state index >= 15 is 0 Å². The Morgan fingerprint density at radius 1 is 1.41 bits per heavy atom. The van der Waals surface area contributed by atoms with E-state index in [1.165, 1.54) is 11.3 Å². The van der Waals surface area contributed by atoms with Crippen molar-refractivity contribution in [1.82, 2.24) is 25.2 Å². The number of hydrogen-bond donors (Lipinski definition) is 1. The molecule has 1 saturated heterocycles. The number of piperazine rings is 1. The molecule has 0 unspecified atom stereocenters. The Bertz CT molecular complexity index is 648. The Morgan fingerprint density at radius 2 is 2.14 bits per heavy atom. The Hall–Kier alpha value is -1.57. The SMILES string of the molecule is Cc1nc(-c2ncccn2)sc1C(=O)N1CCNC[C@@H]1C.Cl. The van der Waals surface area contributed by atoms with Gasteiger partial charge in [-0.2, -0.15) is 0 Å². The van der Waals surface area contributed by atoms with Crippen LogP contribution >= 0.6 is 23.7 Å². The van der Waals surface area contributed by atoms with Gasteiger partial charge in [-0.05, 0) is 19.9 Å². The van der Waals surface area contributed by atoms with E-state index in [0.717, 1.165) is 25.3 Å². The van der Waals surface area contributed by atoms with E-state index in [1.54, 1.807) is 18.5 Å². The predicted molar refractivity (Wildman–Crippen MR) is 88.5 cm³/mol. The first-order valence-corrected chi connectivity index (χ1v) is 7.75. The normalized spacial score (nSPS) is 17.9. The molecule has 1 fully saturated rings. The van der Waals surface area contributed by atoms with Gasteiger partial charge in [0, 0.05) is 38.1 Å². The van der Waals surface area contributed by atoms with Crippen LogP contribution in [0.15, 0.2) is 18.5 Å². The monoisotopic (exact) mass is 339 g/mol. The number of rotatable bonds is 2. The van der Waals surface area contributed by atoms with Crippen LogP contribution in [0.25, 0.3) is 10.8 Å². The minimum atomic E-state index is 0. The van der Waals surface area contributed by atoms with Crippen LogP contribution in [-0.4, -0.2) is 51.4 Å². The first kappa shape index (κ1) is 16.8. The van der Waals surface area contributed by atoms with Crippen LogP contribution in [0.3, 0.4) is 0 Å². The van der Waals surface area contributed by atoms with Gasteiger partial charge < -0.3 is 10.2 Å². The van der Waals surface area contributed by atoms with Crippen molar-refractivity contribution < 1.29 is 4.79 Å². The average Bonchev–Trinajstić information content (AvgIpc) is 2.90. The third-order valence-electron chi connectivity index (χ3n) is 3.51. The summed E-state index contributed by atoms with van der Waals surface area (Å²) in [5.74, 6) is 0.624. The first-order chi connectivity index (χ1) is 10.2. The van der Waals surface area contributed by atoms with Gasteiger partial charge in [0.05, 0.1) is 5.69 Å². The number of nitrogens with zero attached hydrogens (tertiary/aromatic N) is 4. The van der Waals surface area contributed by atoms with Crippen LogP contribution < -0.4 is 5.32 Å². The van der Waals surface area contributed by atoms with Gasteiger partial charge in [0.2, 0.25) is 0 Å². The molecule has 22 heavy (non-hydrogen) atoms. The van der Waals surface area contributed by atoms with Gasteiger partial charge >= 0.3 is 0 Å².